The van der Waals surface area contributed by atoms with Gasteiger partial charge in [0.15, 0.2) is 11.6 Å². The first-order chi connectivity index (χ1) is 20.5. The number of aliphatic carboxylic acids is 1. The molecule has 0 bridgehead atoms. The molecule has 2 heterocycles. The van der Waals surface area contributed by atoms with Gasteiger partial charge in [0.25, 0.3) is 5.91 Å². The average Bonchev–Trinajstić information content (AvgIpc) is 3.82. The minimum Gasteiger partial charge on any atom is -0.481 e. The molecule has 13 heteroatoms. The van der Waals surface area contributed by atoms with Crippen LogP contribution in [0.25, 0.3) is 0 Å². The van der Waals surface area contributed by atoms with Gasteiger partial charge in [0.05, 0.1) is 30.3 Å². The molecule has 1 aliphatic heterocycles. The molecule has 2 aliphatic rings. The number of ether oxygens (including phenoxy) is 1. The van der Waals surface area contributed by atoms with Crippen LogP contribution < -0.4 is 4.31 Å². The summed E-state index contributed by atoms with van der Waals surface area (Å²) >= 11 is 12.5. The van der Waals surface area contributed by atoms with Gasteiger partial charge in [0.1, 0.15) is 12.2 Å². The molecule has 1 N–H and O–H groups in total. The van der Waals surface area contributed by atoms with Crippen LogP contribution in [-0.2, 0) is 24.3 Å². The zero-order valence-electron chi connectivity index (χ0n) is 23.1. The summed E-state index contributed by atoms with van der Waals surface area (Å²) < 4.78 is 49.6. The molecule has 9 nitrogen and oxygen atoms in total. The number of sulfonamides is 1. The molecule has 228 valence electrons. The van der Waals surface area contributed by atoms with Crippen molar-refractivity contribution in [2.45, 2.75) is 62.1 Å². The van der Waals surface area contributed by atoms with E-state index < -0.39 is 63.7 Å². The number of rotatable bonds is 11. The number of nitrogens with zero attached hydrogens (tertiary/aromatic N) is 3. The Morgan fingerprint density at radius 2 is 1.84 bits per heavy atom. The molecule has 1 saturated heterocycles. The molecule has 4 atom stereocenters. The van der Waals surface area contributed by atoms with Crippen LogP contribution in [0.3, 0.4) is 0 Å². The van der Waals surface area contributed by atoms with Gasteiger partial charge >= 0.3 is 5.97 Å². The second-order valence-electron chi connectivity index (χ2n) is 10.6. The molecule has 1 saturated carbocycles. The van der Waals surface area contributed by atoms with E-state index in [9.17, 15) is 23.1 Å². The van der Waals surface area contributed by atoms with Crippen LogP contribution >= 0.6 is 23.2 Å². The maximum atomic E-state index is 15.1. The number of benzene rings is 2. The molecule has 0 radical (unpaired) electrons. The topological polar surface area (TPSA) is 117 Å². The molecule has 3 aromatic rings. The van der Waals surface area contributed by atoms with Crippen molar-refractivity contribution >= 4 is 50.9 Å². The van der Waals surface area contributed by atoms with Crippen LogP contribution in [0.5, 0.6) is 0 Å². The maximum absolute atomic E-state index is 15.1. The minimum absolute atomic E-state index is 0.253. The number of amides is 1. The van der Waals surface area contributed by atoms with E-state index in [-0.39, 0.29) is 18.8 Å². The molecule has 1 aliphatic carbocycles. The smallest absolute Gasteiger partial charge is 0.306 e. The Kier molecular flexibility index (Phi) is 9.26. The number of hydrogen-bond donors (Lipinski definition) is 1. The van der Waals surface area contributed by atoms with Crippen molar-refractivity contribution in [2.75, 3.05) is 10.8 Å². The highest BCUT2D eigenvalue weighted by Crippen LogP contribution is 2.45. The van der Waals surface area contributed by atoms with Gasteiger partial charge in [0.2, 0.25) is 10.0 Å². The molecule has 2 fully saturated rings. The quantitative estimate of drug-likeness (QED) is 0.279. The van der Waals surface area contributed by atoms with Crippen LogP contribution in [0.4, 0.5) is 10.2 Å². The van der Waals surface area contributed by atoms with E-state index in [2.05, 4.69) is 4.98 Å². The Morgan fingerprint density at radius 1 is 1.12 bits per heavy atom. The molecule has 1 unspecified atom stereocenters. The Labute approximate surface area is 259 Å². The van der Waals surface area contributed by atoms with Crippen molar-refractivity contribution in [3.63, 3.8) is 0 Å². The van der Waals surface area contributed by atoms with Crippen molar-refractivity contribution in [3.8, 4) is 0 Å². The Hall–Kier alpha value is -3.25. The summed E-state index contributed by atoms with van der Waals surface area (Å²) in [4.78, 5) is 31.5. The van der Waals surface area contributed by atoms with Crippen LogP contribution in [-0.4, -0.2) is 59.2 Å². The first kappa shape index (κ1) is 31.2. The number of anilines is 1. The predicted octanol–water partition coefficient (Wildman–Crippen LogP) is 5.79. The molecule has 0 spiro atoms. The SMILES string of the molecule is CCC(CN(c1ncccc1F)S(=O)(=O)C1CC1)N1C(=O)[C@@H](CC(=O)O)O[C@H](c2cccc(Cl)c2)[C@H]1c1ccc(Cl)cc1. The van der Waals surface area contributed by atoms with Crippen molar-refractivity contribution < 1.29 is 32.2 Å². The Balaban J connectivity index is 1.66. The summed E-state index contributed by atoms with van der Waals surface area (Å²) in [5.74, 6) is -3.04. The average molecular weight is 651 g/mol. The maximum Gasteiger partial charge on any atom is 0.306 e. The lowest BCUT2D eigenvalue weighted by Crippen LogP contribution is -2.58. The molecule has 1 aromatic heterocycles. The lowest BCUT2D eigenvalue weighted by atomic mass is 9.89. The van der Waals surface area contributed by atoms with Crippen LogP contribution in [0, 0.1) is 5.82 Å². The zero-order chi connectivity index (χ0) is 30.9. The second kappa shape index (κ2) is 12.8. The van der Waals surface area contributed by atoms with Gasteiger partial charge in [-0.2, -0.15) is 0 Å². The number of carbonyl (C=O) groups is 2. The van der Waals surface area contributed by atoms with E-state index in [4.69, 9.17) is 27.9 Å². The highest BCUT2D eigenvalue weighted by atomic mass is 35.5. The van der Waals surface area contributed by atoms with Crippen molar-refractivity contribution in [3.05, 3.63) is 93.8 Å². The molecule has 43 heavy (non-hydrogen) atoms. The number of hydrogen-bond acceptors (Lipinski definition) is 6. The number of aromatic nitrogens is 1. The summed E-state index contributed by atoms with van der Waals surface area (Å²) in [6.45, 7) is 1.48. The fraction of sp³-hybridized carbons (Fsp3) is 0.367. The van der Waals surface area contributed by atoms with Gasteiger partial charge in [-0.3, -0.25) is 9.59 Å². The third-order valence-electron chi connectivity index (χ3n) is 7.65. The first-order valence-electron chi connectivity index (χ1n) is 13.8. The minimum atomic E-state index is -4.02. The lowest BCUT2D eigenvalue weighted by molar-refractivity contribution is -0.183. The normalized spacial score (nSPS) is 21.4. The van der Waals surface area contributed by atoms with Gasteiger partial charge in [-0.25, -0.2) is 22.1 Å². The van der Waals surface area contributed by atoms with Gasteiger partial charge in [-0.1, -0.05) is 54.4 Å². The highest BCUT2D eigenvalue weighted by molar-refractivity contribution is 7.93. The first-order valence-corrected chi connectivity index (χ1v) is 16.1. The van der Waals surface area contributed by atoms with Gasteiger partial charge < -0.3 is 14.7 Å². The van der Waals surface area contributed by atoms with Gasteiger partial charge in [-0.15, -0.1) is 0 Å². The van der Waals surface area contributed by atoms with E-state index in [0.717, 1.165) is 10.4 Å². The third-order valence-corrected chi connectivity index (χ3v) is 10.4. The summed E-state index contributed by atoms with van der Waals surface area (Å²) in [6, 6.07) is 14.5. The van der Waals surface area contributed by atoms with E-state index in [0.29, 0.717) is 34.0 Å². The second-order valence-corrected chi connectivity index (χ2v) is 13.6. The summed E-state index contributed by atoms with van der Waals surface area (Å²) in [7, 11) is -4.02. The van der Waals surface area contributed by atoms with E-state index >= 15 is 4.39 Å². The Morgan fingerprint density at radius 3 is 2.44 bits per heavy atom. The highest BCUT2D eigenvalue weighted by Gasteiger charge is 2.49. The van der Waals surface area contributed by atoms with Crippen LogP contribution in [0.1, 0.15) is 55.9 Å². The van der Waals surface area contributed by atoms with Gasteiger partial charge in [0, 0.05) is 16.2 Å². The van der Waals surface area contributed by atoms with Crippen molar-refractivity contribution in [2.24, 2.45) is 0 Å². The largest absolute Gasteiger partial charge is 0.481 e. The van der Waals surface area contributed by atoms with Crippen LogP contribution in [0.15, 0.2) is 66.9 Å². The summed E-state index contributed by atoms with van der Waals surface area (Å²) in [6.07, 6.45) is -0.437. The van der Waals surface area contributed by atoms with E-state index in [1.807, 2.05) is 0 Å². The van der Waals surface area contributed by atoms with E-state index in [1.165, 1.54) is 17.2 Å². The molecule has 1 amide bonds. The monoisotopic (exact) mass is 649 g/mol. The lowest BCUT2D eigenvalue weighted by Gasteiger charge is -2.48. The van der Waals surface area contributed by atoms with Crippen molar-refractivity contribution in [1.29, 1.82) is 0 Å². The Bertz CT molecular complexity index is 1610. The van der Waals surface area contributed by atoms with Crippen LogP contribution in [0.2, 0.25) is 10.0 Å². The van der Waals surface area contributed by atoms with E-state index in [1.54, 1.807) is 55.5 Å². The summed E-state index contributed by atoms with van der Waals surface area (Å²) in [5, 5.41) is 9.84. The number of carboxylic acid groups (broad SMARTS) is 1. The molecule has 2 aromatic carbocycles. The predicted molar refractivity (Wildman–Crippen MR) is 160 cm³/mol. The molecular weight excluding hydrogens is 620 g/mol. The number of halogens is 3. The number of carboxylic acids is 1. The van der Waals surface area contributed by atoms with Crippen molar-refractivity contribution in [1.82, 2.24) is 9.88 Å². The molecular formula is C30H30Cl2FN3O6S. The fourth-order valence-corrected chi connectivity index (χ4v) is 7.59. The fourth-order valence-electron chi connectivity index (χ4n) is 5.42. The summed E-state index contributed by atoms with van der Waals surface area (Å²) in [5.41, 5.74) is 1.21. The number of morpholine rings is 1. The number of pyridine rings is 1. The molecule has 5 rings (SSSR count). The number of carbonyl (C=O) groups excluding carboxylic acids is 1. The zero-order valence-corrected chi connectivity index (χ0v) is 25.5. The standard InChI is InChI=1S/C30H30Cl2FN3O6S/c1-2-22(17-35(43(40,41)23-12-13-23)29-24(33)7-4-14-34-29)36-27(18-8-10-20(31)11-9-18)28(19-5-3-6-21(32)15-19)42-25(30(36)39)16-26(37)38/h3-11,14-15,22-23,25,27-28H,2,12-13,16-17H2,1H3,(H,37,38)/t22?,25-,27-,28-/m1/s1. The van der Waals surface area contributed by atoms with Gasteiger partial charge in [-0.05, 0) is 66.8 Å². The third kappa shape index (κ3) is 6.64.